The van der Waals surface area contributed by atoms with Crippen LogP contribution in [0.5, 0.6) is 0 Å². The molecule has 0 aliphatic heterocycles. The minimum Gasteiger partial charge on any atom is -0.378 e. The zero-order chi connectivity index (χ0) is 11.6. The maximum Gasteiger partial charge on any atom is 0.358 e. The fraction of sp³-hybridized carbons (Fsp3) is 0.333. The van der Waals surface area contributed by atoms with E-state index >= 15 is 0 Å². The van der Waals surface area contributed by atoms with Crippen molar-refractivity contribution >= 4 is 13.3 Å². The summed E-state index contributed by atoms with van der Waals surface area (Å²) in [4.78, 5) is 19.4. The Bertz CT molecular complexity index is 370. The van der Waals surface area contributed by atoms with E-state index < -0.39 is 13.4 Å². The van der Waals surface area contributed by atoms with Crippen molar-refractivity contribution in [2.24, 2.45) is 0 Å². The summed E-state index contributed by atoms with van der Waals surface area (Å²) >= 11 is 0. The normalized spacial score (nSPS) is 13.7. The fourth-order valence-corrected chi connectivity index (χ4v) is 1.70. The third-order valence-electron chi connectivity index (χ3n) is 2.03. The number of rotatable bonds is 3. The van der Waals surface area contributed by atoms with Crippen LogP contribution in [0.25, 0.3) is 0 Å². The van der Waals surface area contributed by atoms with E-state index in [9.17, 15) is 9.67 Å². The molecule has 0 heterocycles. The smallest absolute Gasteiger partial charge is 0.358 e. The van der Waals surface area contributed by atoms with Gasteiger partial charge in [0.05, 0.1) is 0 Å². The van der Waals surface area contributed by atoms with Crippen LogP contribution in [0, 0.1) is 0 Å². The van der Waals surface area contributed by atoms with E-state index in [2.05, 4.69) is 0 Å². The number of anilines is 1. The second-order valence-electron chi connectivity index (χ2n) is 3.45. The number of benzene rings is 1. The lowest BCUT2D eigenvalue weighted by molar-refractivity contribution is 0.205. The van der Waals surface area contributed by atoms with Crippen LogP contribution in [0.15, 0.2) is 24.3 Å². The third kappa shape index (κ3) is 3.04. The van der Waals surface area contributed by atoms with Gasteiger partial charge >= 0.3 is 7.60 Å². The Morgan fingerprint density at radius 2 is 1.67 bits per heavy atom. The molecule has 1 aromatic carbocycles. The molecule has 0 fully saturated rings. The summed E-state index contributed by atoms with van der Waals surface area (Å²) in [5.41, 5.74) is 1.12. The van der Waals surface area contributed by atoms with Crippen LogP contribution in [-0.4, -0.2) is 29.0 Å². The van der Waals surface area contributed by atoms with Crippen molar-refractivity contribution in [3.63, 3.8) is 0 Å². The van der Waals surface area contributed by atoms with Crippen LogP contribution < -0.4 is 4.90 Å². The highest BCUT2D eigenvalue weighted by Crippen LogP contribution is 2.49. The minimum atomic E-state index is -4.48. The van der Waals surface area contributed by atoms with Crippen LogP contribution in [0.4, 0.5) is 5.69 Å². The van der Waals surface area contributed by atoms with Gasteiger partial charge in [0.2, 0.25) is 0 Å². The number of hydrogen-bond acceptors (Lipinski definition) is 3. The Morgan fingerprint density at radius 1 is 1.20 bits per heavy atom. The minimum absolute atomic E-state index is 0.217. The number of nitrogens with zero attached hydrogens (tertiary/aromatic N) is 1. The molecule has 0 unspecified atom stereocenters. The Morgan fingerprint density at radius 3 is 2.00 bits per heavy atom. The maximum atomic E-state index is 10.8. The standard InChI is InChI=1S/C9H14NO4P/c1-10(2)8-5-3-7(4-6-8)9(11)15(12,13)14/h3-6,9,11H,1-2H3,(H2,12,13,14)/t9-/m0/s1. The van der Waals surface area contributed by atoms with Crippen LogP contribution in [0.3, 0.4) is 0 Å². The molecule has 0 radical (unpaired) electrons. The fourth-order valence-electron chi connectivity index (χ4n) is 1.14. The van der Waals surface area contributed by atoms with E-state index in [1.807, 2.05) is 19.0 Å². The van der Waals surface area contributed by atoms with E-state index in [1.165, 1.54) is 12.1 Å². The molecule has 0 saturated carbocycles. The molecule has 0 spiro atoms. The van der Waals surface area contributed by atoms with Gasteiger partial charge in [-0.25, -0.2) is 0 Å². The van der Waals surface area contributed by atoms with Crippen molar-refractivity contribution in [3.05, 3.63) is 29.8 Å². The average molecular weight is 231 g/mol. The van der Waals surface area contributed by atoms with E-state index in [-0.39, 0.29) is 5.56 Å². The van der Waals surface area contributed by atoms with Gasteiger partial charge in [-0.1, -0.05) is 12.1 Å². The first kappa shape index (κ1) is 12.2. The lowest BCUT2D eigenvalue weighted by Gasteiger charge is -2.15. The lowest BCUT2D eigenvalue weighted by Crippen LogP contribution is -2.08. The van der Waals surface area contributed by atoms with E-state index in [0.717, 1.165) is 5.69 Å². The molecule has 0 bridgehead atoms. The Labute approximate surface area is 88.1 Å². The molecule has 3 N–H and O–H groups in total. The number of hydrogen-bond donors (Lipinski definition) is 3. The summed E-state index contributed by atoms with van der Waals surface area (Å²) in [6.07, 6.45) is 0. The van der Waals surface area contributed by atoms with Crippen molar-refractivity contribution in [2.45, 2.75) is 5.85 Å². The van der Waals surface area contributed by atoms with Crippen molar-refractivity contribution in [2.75, 3.05) is 19.0 Å². The van der Waals surface area contributed by atoms with Gasteiger partial charge in [-0.05, 0) is 17.7 Å². The van der Waals surface area contributed by atoms with Gasteiger partial charge in [0.25, 0.3) is 0 Å². The predicted molar refractivity (Wildman–Crippen MR) is 57.8 cm³/mol. The molecule has 0 aliphatic carbocycles. The highest BCUT2D eigenvalue weighted by atomic mass is 31.2. The summed E-state index contributed by atoms with van der Waals surface area (Å²) in [6, 6.07) is 6.38. The van der Waals surface area contributed by atoms with Gasteiger partial charge < -0.3 is 19.8 Å². The second-order valence-corrected chi connectivity index (χ2v) is 5.12. The molecule has 84 valence electrons. The van der Waals surface area contributed by atoms with Crippen molar-refractivity contribution in [1.29, 1.82) is 0 Å². The monoisotopic (exact) mass is 231 g/mol. The SMILES string of the molecule is CN(C)c1ccc([C@@H](O)P(=O)(O)O)cc1. The van der Waals surface area contributed by atoms with Gasteiger partial charge in [-0.2, -0.15) is 0 Å². The van der Waals surface area contributed by atoms with Gasteiger partial charge in [-0.3, -0.25) is 4.57 Å². The van der Waals surface area contributed by atoms with E-state index in [1.54, 1.807) is 12.1 Å². The Kier molecular flexibility index (Phi) is 3.52. The summed E-state index contributed by atoms with van der Waals surface area (Å²) in [5, 5.41) is 9.31. The second kappa shape index (κ2) is 4.33. The Hall–Kier alpha value is -0.870. The molecular formula is C9H14NO4P. The van der Waals surface area contributed by atoms with Crippen LogP contribution >= 0.6 is 7.60 Å². The first-order valence-electron chi connectivity index (χ1n) is 4.33. The summed E-state index contributed by atoms with van der Waals surface area (Å²) < 4.78 is 10.8. The molecule has 1 atom stereocenters. The summed E-state index contributed by atoms with van der Waals surface area (Å²) in [5.74, 6) is -1.74. The van der Waals surface area contributed by atoms with Crippen LogP contribution in [0.1, 0.15) is 11.4 Å². The van der Waals surface area contributed by atoms with E-state index in [0.29, 0.717) is 0 Å². The molecule has 5 nitrogen and oxygen atoms in total. The molecule has 1 rings (SSSR count). The van der Waals surface area contributed by atoms with Gasteiger partial charge in [0.15, 0.2) is 5.85 Å². The third-order valence-corrected chi connectivity index (χ3v) is 2.96. The number of aliphatic hydroxyl groups excluding tert-OH is 1. The van der Waals surface area contributed by atoms with Gasteiger partial charge in [0, 0.05) is 19.8 Å². The van der Waals surface area contributed by atoms with Crippen molar-refractivity contribution < 1.29 is 19.5 Å². The Balaban J connectivity index is 2.94. The first-order valence-corrected chi connectivity index (χ1v) is 6.01. The highest BCUT2D eigenvalue weighted by Gasteiger charge is 2.27. The molecule has 0 amide bonds. The van der Waals surface area contributed by atoms with Crippen LogP contribution in [-0.2, 0) is 4.57 Å². The molecule has 0 aliphatic rings. The zero-order valence-electron chi connectivity index (χ0n) is 8.53. The maximum absolute atomic E-state index is 10.8. The molecule has 0 saturated heterocycles. The molecular weight excluding hydrogens is 217 g/mol. The summed E-state index contributed by atoms with van der Waals surface area (Å²) in [6.45, 7) is 0. The highest BCUT2D eigenvalue weighted by molar-refractivity contribution is 7.51. The lowest BCUT2D eigenvalue weighted by atomic mass is 10.2. The molecule has 0 aromatic heterocycles. The van der Waals surface area contributed by atoms with Gasteiger partial charge in [-0.15, -0.1) is 0 Å². The largest absolute Gasteiger partial charge is 0.378 e. The van der Waals surface area contributed by atoms with E-state index in [4.69, 9.17) is 9.79 Å². The number of aliphatic hydroxyl groups is 1. The quantitative estimate of drug-likeness (QED) is 0.674. The molecule has 15 heavy (non-hydrogen) atoms. The molecule has 1 aromatic rings. The van der Waals surface area contributed by atoms with Crippen molar-refractivity contribution in [3.8, 4) is 0 Å². The van der Waals surface area contributed by atoms with Gasteiger partial charge in [0.1, 0.15) is 0 Å². The average Bonchev–Trinajstić information content (AvgIpc) is 2.15. The predicted octanol–water partition coefficient (Wildman–Crippen LogP) is 0.921. The topological polar surface area (TPSA) is 81.0 Å². The first-order chi connectivity index (χ1) is 6.82. The van der Waals surface area contributed by atoms with Crippen molar-refractivity contribution in [1.82, 2.24) is 0 Å². The van der Waals surface area contributed by atoms with Crippen LogP contribution in [0.2, 0.25) is 0 Å². The molecule has 6 heteroatoms. The zero-order valence-corrected chi connectivity index (χ0v) is 9.43. The summed E-state index contributed by atoms with van der Waals surface area (Å²) in [7, 11) is -0.764.